The molecule has 1 N–H and O–H groups in total. The van der Waals surface area contributed by atoms with Crippen molar-refractivity contribution in [1.29, 1.82) is 0 Å². The van der Waals surface area contributed by atoms with Crippen LogP contribution < -0.4 is 9.62 Å². The van der Waals surface area contributed by atoms with Gasteiger partial charge >= 0.3 is 0 Å². The van der Waals surface area contributed by atoms with Gasteiger partial charge in [0.05, 0.1) is 10.6 Å². The van der Waals surface area contributed by atoms with E-state index in [4.69, 9.17) is 11.6 Å². The van der Waals surface area contributed by atoms with Crippen molar-refractivity contribution in [2.75, 3.05) is 10.8 Å². The molecular formula is C28H31BrClN3O4S. The van der Waals surface area contributed by atoms with Crippen molar-refractivity contribution >= 4 is 55.1 Å². The molecule has 0 aliphatic heterocycles. The lowest BCUT2D eigenvalue weighted by molar-refractivity contribution is -0.139. The average molecular weight is 621 g/mol. The SMILES string of the molecule is CC[C@H](C)NC(=O)[C@H](C)N(Cc1ccc(Br)cc1)C(=O)CN(c1ccc(Cl)cc1)S(=O)(=O)c1ccccc1. The third kappa shape index (κ3) is 7.58. The number of sulfonamides is 1. The number of amides is 2. The van der Waals surface area contributed by atoms with E-state index in [2.05, 4.69) is 21.2 Å². The molecule has 38 heavy (non-hydrogen) atoms. The molecule has 0 saturated carbocycles. The number of anilines is 1. The van der Waals surface area contributed by atoms with Crippen LogP contribution in [-0.2, 0) is 26.2 Å². The lowest BCUT2D eigenvalue weighted by Gasteiger charge is -2.32. The predicted molar refractivity (Wildman–Crippen MR) is 154 cm³/mol. The predicted octanol–water partition coefficient (Wildman–Crippen LogP) is 5.63. The highest BCUT2D eigenvalue weighted by atomic mass is 79.9. The summed E-state index contributed by atoms with van der Waals surface area (Å²) >= 11 is 9.45. The first-order valence-corrected chi connectivity index (χ1v) is 14.8. The number of halogens is 2. The van der Waals surface area contributed by atoms with Gasteiger partial charge in [0.1, 0.15) is 12.6 Å². The fourth-order valence-electron chi connectivity index (χ4n) is 3.69. The van der Waals surface area contributed by atoms with Crippen molar-refractivity contribution in [3.8, 4) is 0 Å². The van der Waals surface area contributed by atoms with E-state index in [1.54, 1.807) is 49.4 Å². The summed E-state index contributed by atoms with van der Waals surface area (Å²) in [6.07, 6.45) is 0.735. The molecule has 3 aromatic carbocycles. The maximum atomic E-state index is 13.8. The number of benzene rings is 3. The van der Waals surface area contributed by atoms with Crippen LogP contribution in [0.25, 0.3) is 0 Å². The van der Waals surface area contributed by atoms with Gasteiger partial charge in [0.2, 0.25) is 11.8 Å². The molecule has 10 heteroatoms. The molecule has 0 saturated heterocycles. The highest BCUT2D eigenvalue weighted by molar-refractivity contribution is 9.10. The molecule has 7 nitrogen and oxygen atoms in total. The Morgan fingerprint density at radius 2 is 1.55 bits per heavy atom. The molecule has 3 aromatic rings. The molecule has 0 fully saturated rings. The Morgan fingerprint density at radius 1 is 0.947 bits per heavy atom. The van der Waals surface area contributed by atoms with E-state index in [-0.39, 0.29) is 29.1 Å². The van der Waals surface area contributed by atoms with Crippen LogP contribution in [0, 0.1) is 0 Å². The summed E-state index contributed by atoms with van der Waals surface area (Å²) in [6.45, 7) is 5.11. The van der Waals surface area contributed by atoms with Gasteiger partial charge in [-0.15, -0.1) is 0 Å². The maximum absolute atomic E-state index is 13.8. The van der Waals surface area contributed by atoms with Gasteiger partial charge < -0.3 is 10.2 Å². The lowest BCUT2D eigenvalue weighted by Crippen LogP contribution is -2.52. The molecule has 2 atom stereocenters. The highest BCUT2D eigenvalue weighted by Crippen LogP contribution is 2.26. The number of rotatable bonds is 11. The molecular weight excluding hydrogens is 590 g/mol. The molecule has 202 valence electrons. The molecule has 2 amide bonds. The van der Waals surface area contributed by atoms with Crippen LogP contribution in [0.3, 0.4) is 0 Å². The van der Waals surface area contributed by atoms with E-state index < -0.39 is 28.5 Å². The maximum Gasteiger partial charge on any atom is 0.264 e. The van der Waals surface area contributed by atoms with Crippen LogP contribution in [0.5, 0.6) is 0 Å². The average Bonchev–Trinajstić information content (AvgIpc) is 2.91. The number of nitrogens with one attached hydrogen (secondary N) is 1. The summed E-state index contributed by atoms with van der Waals surface area (Å²) < 4.78 is 29.3. The second-order valence-corrected chi connectivity index (χ2v) is 12.2. The molecule has 0 radical (unpaired) electrons. The van der Waals surface area contributed by atoms with Crippen LogP contribution in [-0.4, -0.2) is 43.8 Å². The standard InChI is InChI=1S/C28H31BrClN3O4S/c1-4-20(2)31-28(35)21(3)32(18-22-10-12-23(29)13-11-22)27(34)19-33(25-16-14-24(30)15-17-25)38(36,37)26-8-6-5-7-9-26/h5-17,20-21H,4,18-19H2,1-3H3,(H,31,35)/t20-,21-/m0/s1. The molecule has 0 unspecified atom stereocenters. The highest BCUT2D eigenvalue weighted by Gasteiger charge is 2.32. The fourth-order valence-corrected chi connectivity index (χ4v) is 5.52. The Morgan fingerprint density at radius 3 is 2.13 bits per heavy atom. The van der Waals surface area contributed by atoms with E-state index in [0.717, 1.165) is 20.8 Å². The van der Waals surface area contributed by atoms with E-state index in [1.165, 1.54) is 17.0 Å². The van der Waals surface area contributed by atoms with Gasteiger partial charge in [-0.2, -0.15) is 0 Å². The van der Waals surface area contributed by atoms with E-state index in [0.29, 0.717) is 5.02 Å². The first-order valence-electron chi connectivity index (χ1n) is 12.2. The number of carbonyl (C=O) groups excluding carboxylic acids is 2. The van der Waals surface area contributed by atoms with Crippen LogP contribution >= 0.6 is 27.5 Å². The Bertz CT molecular complexity index is 1340. The van der Waals surface area contributed by atoms with Crippen LogP contribution in [0.1, 0.15) is 32.8 Å². The lowest BCUT2D eigenvalue weighted by atomic mass is 10.1. The summed E-state index contributed by atoms with van der Waals surface area (Å²) in [5.41, 5.74) is 1.08. The molecule has 0 spiro atoms. The van der Waals surface area contributed by atoms with Crippen molar-refractivity contribution in [1.82, 2.24) is 10.2 Å². The summed E-state index contributed by atoms with van der Waals surface area (Å²) in [7, 11) is -4.11. The Labute approximate surface area is 238 Å². The van der Waals surface area contributed by atoms with E-state index in [9.17, 15) is 18.0 Å². The fraction of sp³-hybridized carbons (Fsp3) is 0.286. The van der Waals surface area contributed by atoms with Gasteiger partial charge in [-0.25, -0.2) is 8.42 Å². The van der Waals surface area contributed by atoms with Crippen LogP contribution in [0.15, 0.2) is 88.2 Å². The normalized spacial score (nSPS) is 12.9. The van der Waals surface area contributed by atoms with Crippen molar-refractivity contribution in [3.05, 3.63) is 93.9 Å². The minimum Gasteiger partial charge on any atom is -0.352 e. The number of hydrogen-bond acceptors (Lipinski definition) is 4. The zero-order valence-corrected chi connectivity index (χ0v) is 24.6. The van der Waals surface area contributed by atoms with Gasteiger partial charge in [-0.3, -0.25) is 13.9 Å². The smallest absolute Gasteiger partial charge is 0.264 e. The van der Waals surface area contributed by atoms with Gasteiger partial charge in [-0.1, -0.05) is 64.8 Å². The first kappa shape index (κ1) is 29.7. The first-order chi connectivity index (χ1) is 18.0. The second kappa shape index (κ2) is 13.3. The number of hydrogen-bond donors (Lipinski definition) is 1. The summed E-state index contributed by atoms with van der Waals surface area (Å²) in [4.78, 5) is 28.4. The van der Waals surface area contributed by atoms with Crippen molar-refractivity contribution in [3.63, 3.8) is 0 Å². The largest absolute Gasteiger partial charge is 0.352 e. The Hall–Kier alpha value is -2.88. The molecule has 0 aliphatic carbocycles. The van der Waals surface area contributed by atoms with E-state index in [1.807, 2.05) is 38.1 Å². The van der Waals surface area contributed by atoms with Crippen LogP contribution in [0.4, 0.5) is 5.69 Å². The van der Waals surface area contributed by atoms with Gasteiger partial charge in [-0.05, 0) is 74.4 Å². The zero-order valence-electron chi connectivity index (χ0n) is 21.5. The quantitative estimate of drug-likeness (QED) is 0.301. The summed E-state index contributed by atoms with van der Waals surface area (Å²) in [5.74, 6) is -0.831. The second-order valence-electron chi connectivity index (χ2n) is 8.94. The number of nitrogens with zero attached hydrogens (tertiary/aromatic N) is 2. The minimum atomic E-state index is -4.11. The van der Waals surface area contributed by atoms with Gasteiger partial charge in [0.15, 0.2) is 0 Å². The topological polar surface area (TPSA) is 86.8 Å². The van der Waals surface area contributed by atoms with Gasteiger partial charge in [0.25, 0.3) is 10.0 Å². The van der Waals surface area contributed by atoms with E-state index >= 15 is 0 Å². The molecule has 0 aromatic heterocycles. The van der Waals surface area contributed by atoms with Crippen LogP contribution in [0.2, 0.25) is 5.02 Å². The van der Waals surface area contributed by atoms with Crippen molar-refractivity contribution in [2.45, 2.75) is 50.7 Å². The molecule has 0 bridgehead atoms. The molecule has 0 aliphatic rings. The van der Waals surface area contributed by atoms with Crippen molar-refractivity contribution in [2.24, 2.45) is 0 Å². The molecule has 0 heterocycles. The Kier molecular flexibility index (Phi) is 10.4. The summed E-state index contributed by atoms with van der Waals surface area (Å²) in [5, 5.41) is 3.35. The number of carbonyl (C=O) groups is 2. The third-order valence-corrected chi connectivity index (χ3v) is 8.73. The summed E-state index contributed by atoms with van der Waals surface area (Å²) in [6, 6.07) is 20.6. The molecule has 3 rings (SSSR count). The van der Waals surface area contributed by atoms with Gasteiger partial charge in [0, 0.05) is 22.1 Å². The monoisotopic (exact) mass is 619 g/mol. The zero-order chi connectivity index (χ0) is 27.9. The Balaban J connectivity index is 2.00. The third-order valence-electron chi connectivity index (χ3n) is 6.16. The van der Waals surface area contributed by atoms with Crippen molar-refractivity contribution < 1.29 is 18.0 Å². The minimum absolute atomic E-state index is 0.0461.